The molecule has 39 heavy (non-hydrogen) atoms. The Balaban J connectivity index is 1.18. The second kappa shape index (κ2) is 12.7. The summed E-state index contributed by atoms with van der Waals surface area (Å²) in [5, 5.41) is 23.4. The molecule has 3 fully saturated rings. The molecule has 3 aliphatic rings. The maximum absolute atomic E-state index is 13.6. The lowest BCUT2D eigenvalue weighted by molar-refractivity contribution is -0.140. The summed E-state index contributed by atoms with van der Waals surface area (Å²) in [4.78, 5) is 25.2. The fourth-order valence-corrected chi connectivity index (χ4v) is 5.31. The van der Waals surface area contributed by atoms with Crippen molar-refractivity contribution in [2.75, 3.05) is 25.2 Å². The summed E-state index contributed by atoms with van der Waals surface area (Å²) < 4.78 is 24.4. The topological polar surface area (TPSA) is 147 Å². The molecule has 212 valence electrons. The van der Waals surface area contributed by atoms with Crippen molar-refractivity contribution in [3.63, 3.8) is 0 Å². The van der Waals surface area contributed by atoms with Crippen molar-refractivity contribution in [1.29, 1.82) is 0 Å². The van der Waals surface area contributed by atoms with Gasteiger partial charge in [0.25, 0.3) is 5.91 Å². The number of halogens is 3. The first-order chi connectivity index (χ1) is 18.6. The van der Waals surface area contributed by atoms with Gasteiger partial charge in [-0.1, -0.05) is 23.2 Å². The molecule has 5 rings (SSSR count). The number of hydrogen-bond acceptors (Lipinski definition) is 8. The van der Waals surface area contributed by atoms with E-state index in [1.54, 1.807) is 12.1 Å². The number of nitrogens with one attached hydrogen (secondary N) is 4. The molecule has 2 atom stereocenters. The minimum Gasteiger partial charge on any atom is -0.484 e. The number of hydrogen-bond donors (Lipinski definition) is 6. The summed E-state index contributed by atoms with van der Waals surface area (Å²) in [6.45, 7) is -0.280. The molecule has 0 aromatic heterocycles. The molecule has 7 N–H and O–H groups in total. The largest absolute Gasteiger partial charge is 0.484 e. The van der Waals surface area contributed by atoms with Crippen molar-refractivity contribution < 1.29 is 28.6 Å². The number of aliphatic hydroxyl groups is 1. The zero-order valence-corrected chi connectivity index (χ0v) is 22.7. The van der Waals surface area contributed by atoms with Gasteiger partial charge in [-0.05, 0) is 68.5 Å². The average Bonchev–Trinajstić information content (AvgIpc) is 2.90. The summed E-state index contributed by atoms with van der Waals surface area (Å²) in [5.74, 6) is -1.21. The van der Waals surface area contributed by atoms with E-state index in [0.717, 1.165) is 11.8 Å². The number of amides is 2. The van der Waals surface area contributed by atoms with E-state index in [1.807, 2.05) is 12.1 Å². The lowest BCUT2D eigenvalue weighted by Gasteiger charge is -2.56. The van der Waals surface area contributed by atoms with Crippen molar-refractivity contribution in [2.45, 2.75) is 55.6 Å². The highest BCUT2D eigenvalue weighted by atomic mass is 35.5. The Hall–Kier alpha value is -2.67. The Morgan fingerprint density at radius 1 is 1.05 bits per heavy atom. The fourth-order valence-electron chi connectivity index (χ4n) is 5.07. The lowest BCUT2D eigenvalue weighted by atomic mass is 9.60. The molecule has 13 heteroatoms. The maximum Gasteiger partial charge on any atom is 0.258 e. The molecule has 0 heterocycles. The van der Waals surface area contributed by atoms with Gasteiger partial charge in [0, 0.05) is 22.3 Å². The van der Waals surface area contributed by atoms with Gasteiger partial charge < -0.3 is 30.5 Å². The number of ether oxygens (including phenoxy) is 2. The van der Waals surface area contributed by atoms with Gasteiger partial charge in [-0.25, -0.2) is 4.39 Å². The van der Waals surface area contributed by atoms with E-state index in [2.05, 4.69) is 21.3 Å². The van der Waals surface area contributed by atoms with Crippen LogP contribution in [0.4, 0.5) is 10.1 Å². The van der Waals surface area contributed by atoms with Crippen molar-refractivity contribution in [1.82, 2.24) is 16.0 Å². The SMILES string of the molecule is NC(NCNc1ccc(Cl)cc1)OCC(=O)NC12CCC(NC(=O)COc3ccc(Cl)c(F)c3)(CC1)C[C@@H]2O. The van der Waals surface area contributed by atoms with Crippen LogP contribution in [0.3, 0.4) is 0 Å². The third-order valence-corrected chi connectivity index (χ3v) is 7.77. The Morgan fingerprint density at radius 3 is 2.41 bits per heavy atom. The van der Waals surface area contributed by atoms with Crippen LogP contribution in [0.25, 0.3) is 0 Å². The van der Waals surface area contributed by atoms with Crippen molar-refractivity contribution in [3.05, 3.63) is 58.3 Å². The van der Waals surface area contributed by atoms with E-state index in [4.69, 9.17) is 38.4 Å². The predicted octanol–water partition coefficient (Wildman–Crippen LogP) is 2.48. The van der Waals surface area contributed by atoms with Crippen LogP contribution in [-0.4, -0.2) is 60.3 Å². The van der Waals surface area contributed by atoms with Gasteiger partial charge in [0.15, 0.2) is 13.0 Å². The summed E-state index contributed by atoms with van der Waals surface area (Å²) in [5.41, 5.74) is 5.34. The third kappa shape index (κ3) is 7.71. The number of carbonyl (C=O) groups is 2. The zero-order chi connectivity index (χ0) is 28.0. The molecular weight excluding hydrogens is 552 g/mol. The number of carbonyl (C=O) groups excluding carboxylic acids is 2. The number of fused-ring (bicyclic) bond motifs is 3. The Bertz CT molecular complexity index is 1160. The molecule has 0 aliphatic heterocycles. The van der Waals surface area contributed by atoms with Crippen molar-refractivity contribution in [3.8, 4) is 5.75 Å². The third-order valence-electron chi connectivity index (χ3n) is 7.21. The second-order valence-corrected chi connectivity index (χ2v) is 10.8. The molecule has 0 spiro atoms. The number of benzene rings is 2. The van der Waals surface area contributed by atoms with E-state index in [0.29, 0.717) is 37.4 Å². The van der Waals surface area contributed by atoms with Crippen LogP contribution < -0.4 is 31.7 Å². The van der Waals surface area contributed by atoms with Gasteiger partial charge in [-0.2, -0.15) is 0 Å². The number of rotatable bonds is 12. The van der Waals surface area contributed by atoms with Crippen LogP contribution >= 0.6 is 23.2 Å². The molecule has 3 saturated carbocycles. The highest BCUT2D eigenvalue weighted by Gasteiger charge is 2.55. The summed E-state index contributed by atoms with van der Waals surface area (Å²) in [6.07, 6.45) is 0.661. The second-order valence-electron chi connectivity index (χ2n) is 9.91. The van der Waals surface area contributed by atoms with E-state index in [1.165, 1.54) is 12.1 Å². The standard InChI is InChI=1S/C26H32Cl2FN5O5/c27-16-1-3-17(4-2-16)31-15-32-24(30)39-14-23(37)34-26-9-7-25(8-10-26,12-21(26)35)33-22(36)13-38-18-5-6-19(28)20(29)11-18/h1-6,11,21,24,31-32,35H,7-10,12-15,30H2,(H,33,36)(H,34,37)/t21-,24?,25?,26?/m0/s1. The fraction of sp³-hybridized carbons (Fsp3) is 0.462. The van der Waals surface area contributed by atoms with Crippen LogP contribution in [-0.2, 0) is 14.3 Å². The van der Waals surface area contributed by atoms with E-state index in [-0.39, 0.29) is 42.2 Å². The molecular formula is C26H32Cl2FN5O5. The van der Waals surface area contributed by atoms with Gasteiger partial charge in [-0.3, -0.25) is 20.6 Å². The minimum atomic E-state index is -0.884. The van der Waals surface area contributed by atoms with Crippen LogP contribution in [0.2, 0.25) is 10.0 Å². The van der Waals surface area contributed by atoms with Crippen molar-refractivity contribution in [2.24, 2.45) is 5.73 Å². The number of anilines is 1. The van der Waals surface area contributed by atoms with Gasteiger partial charge in [0.2, 0.25) is 5.91 Å². The quantitative estimate of drug-likeness (QED) is 0.209. The maximum atomic E-state index is 13.6. The van der Waals surface area contributed by atoms with Gasteiger partial charge in [0.05, 0.1) is 23.3 Å². The van der Waals surface area contributed by atoms with Crippen LogP contribution in [0, 0.1) is 5.82 Å². The number of aliphatic hydroxyl groups excluding tert-OH is 1. The summed E-state index contributed by atoms with van der Waals surface area (Å²) >= 11 is 11.5. The van der Waals surface area contributed by atoms with Crippen LogP contribution in [0.1, 0.15) is 32.1 Å². The molecule has 2 aromatic carbocycles. The first kappa shape index (κ1) is 29.3. The molecule has 0 radical (unpaired) electrons. The van der Waals surface area contributed by atoms with Gasteiger partial charge in [-0.15, -0.1) is 0 Å². The number of nitrogens with two attached hydrogens (primary N) is 1. The minimum absolute atomic E-state index is 0.0340. The highest BCUT2D eigenvalue weighted by molar-refractivity contribution is 6.31. The zero-order valence-electron chi connectivity index (χ0n) is 21.1. The first-order valence-corrected chi connectivity index (χ1v) is 13.3. The van der Waals surface area contributed by atoms with Crippen LogP contribution in [0.15, 0.2) is 42.5 Å². The molecule has 1 unspecified atom stereocenters. The molecule has 3 aliphatic carbocycles. The average molecular weight is 584 g/mol. The molecule has 2 bridgehead atoms. The Kier molecular flexibility index (Phi) is 9.52. The highest BCUT2D eigenvalue weighted by Crippen LogP contribution is 2.47. The van der Waals surface area contributed by atoms with E-state index in [9.17, 15) is 19.1 Å². The van der Waals surface area contributed by atoms with Crippen molar-refractivity contribution >= 4 is 40.7 Å². The molecule has 2 aromatic rings. The van der Waals surface area contributed by atoms with E-state index < -0.39 is 29.4 Å². The summed E-state index contributed by atoms with van der Waals surface area (Å²) in [6, 6.07) is 11.1. The first-order valence-electron chi connectivity index (χ1n) is 12.6. The molecule has 2 amide bonds. The Morgan fingerprint density at radius 2 is 1.74 bits per heavy atom. The van der Waals surface area contributed by atoms with Gasteiger partial charge >= 0.3 is 0 Å². The smallest absolute Gasteiger partial charge is 0.258 e. The monoisotopic (exact) mass is 583 g/mol. The summed E-state index contributed by atoms with van der Waals surface area (Å²) in [7, 11) is 0. The van der Waals surface area contributed by atoms with Crippen LogP contribution in [0.5, 0.6) is 5.75 Å². The predicted molar refractivity (Wildman–Crippen MR) is 145 cm³/mol. The Labute approximate surface area is 235 Å². The molecule has 10 nitrogen and oxygen atoms in total. The molecule has 0 saturated heterocycles. The lowest BCUT2D eigenvalue weighted by Crippen LogP contribution is -2.70. The van der Waals surface area contributed by atoms with E-state index >= 15 is 0 Å². The van der Waals surface area contributed by atoms with Gasteiger partial charge in [0.1, 0.15) is 18.2 Å². The normalized spacial score (nSPS) is 24.6.